The van der Waals surface area contributed by atoms with E-state index in [2.05, 4.69) is 44.7 Å². The molecule has 7 nitrogen and oxygen atoms in total. The van der Waals surface area contributed by atoms with Crippen LogP contribution in [-0.4, -0.2) is 57.2 Å². The van der Waals surface area contributed by atoms with Crippen molar-refractivity contribution in [3.05, 3.63) is 35.4 Å². The summed E-state index contributed by atoms with van der Waals surface area (Å²) in [5, 5.41) is 12.5. The van der Waals surface area contributed by atoms with Gasteiger partial charge in [0.15, 0.2) is 0 Å². The number of amides is 1. The van der Waals surface area contributed by atoms with Crippen LogP contribution in [0.4, 0.5) is 5.95 Å². The number of benzene rings is 1. The number of hydrogen-bond donors (Lipinski definition) is 0. The SMILES string of the molecule is CC(=O)N1CCCN(c2nnnn2C2Cc3ccccc3C2)CC1. The smallest absolute Gasteiger partial charge is 0.245 e. The third-order valence-corrected chi connectivity index (χ3v) is 5.07. The zero-order valence-corrected chi connectivity index (χ0v) is 13.9. The minimum atomic E-state index is 0.141. The number of carbonyl (C=O) groups excluding carboxylic acids is 1. The molecule has 0 spiro atoms. The number of nitrogens with zero attached hydrogens (tertiary/aromatic N) is 6. The summed E-state index contributed by atoms with van der Waals surface area (Å²) in [5.41, 5.74) is 2.78. The van der Waals surface area contributed by atoms with Crippen LogP contribution in [0.5, 0.6) is 0 Å². The van der Waals surface area contributed by atoms with Crippen molar-refractivity contribution in [2.75, 3.05) is 31.1 Å². The molecule has 1 aliphatic heterocycles. The number of hydrogen-bond acceptors (Lipinski definition) is 5. The van der Waals surface area contributed by atoms with Crippen molar-refractivity contribution in [1.82, 2.24) is 25.1 Å². The van der Waals surface area contributed by atoms with Crippen LogP contribution in [0.25, 0.3) is 0 Å². The van der Waals surface area contributed by atoms with Crippen LogP contribution in [0.3, 0.4) is 0 Å². The molecule has 126 valence electrons. The zero-order valence-electron chi connectivity index (χ0n) is 13.9. The second-order valence-corrected chi connectivity index (χ2v) is 6.60. The van der Waals surface area contributed by atoms with E-state index in [1.54, 1.807) is 6.92 Å². The molecule has 1 fully saturated rings. The van der Waals surface area contributed by atoms with Crippen LogP contribution in [0, 0.1) is 0 Å². The van der Waals surface area contributed by atoms with Crippen LogP contribution in [0.2, 0.25) is 0 Å². The molecule has 1 saturated heterocycles. The van der Waals surface area contributed by atoms with Crippen LogP contribution in [0.15, 0.2) is 24.3 Å². The van der Waals surface area contributed by atoms with Gasteiger partial charge in [-0.25, -0.2) is 4.68 Å². The van der Waals surface area contributed by atoms with E-state index in [-0.39, 0.29) is 11.9 Å². The highest BCUT2D eigenvalue weighted by molar-refractivity contribution is 5.73. The predicted molar refractivity (Wildman–Crippen MR) is 89.8 cm³/mol. The molecular weight excluding hydrogens is 304 g/mol. The van der Waals surface area contributed by atoms with Crippen molar-refractivity contribution in [3.8, 4) is 0 Å². The van der Waals surface area contributed by atoms with E-state index in [1.807, 2.05) is 9.58 Å². The number of rotatable bonds is 2. The minimum absolute atomic E-state index is 0.141. The number of aromatic nitrogens is 4. The number of anilines is 1. The standard InChI is InChI=1S/C17H22N6O/c1-13(24)21-7-4-8-22(10-9-21)17-18-19-20-23(17)16-11-14-5-2-3-6-15(14)12-16/h2-3,5-6,16H,4,7-12H2,1H3. The lowest BCUT2D eigenvalue weighted by Gasteiger charge is -2.23. The first-order valence-corrected chi connectivity index (χ1v) is 8.57. The van der Waals surface area contributed by atoms with Crippen molar-refractivity contribution in [1.29, 1.82) is 0 Å². The summed E-state index contributed by atoms with van der Waals surface area (Å²) < 4.78 is 1.98. The lowest BCUT2D eigenvalue weighted by atomic mass is 10.1. The Morgan fingerprint density at radius 1 is 1.08 bits per heavy atom. The van der Waals surface area contributed by atoms with E-state index in [9.17, 15) is 4.79 Å². The van der Waals surface area contributed by atoms with Gasteiger partial charge in [-0.05, 0) is 40.8 Å². The lowest BCUT2D eigenvalue weighted by molar-refractivity contribution is -0.128. The van der Waals surface area contributed by atoms with Crippen molar-refractivity contribution < 1.29 is 4.79 Å². The Hall–Kier alpha value is -2.44. The zero-order chi connectivity index (χ0) is 16.5. The molecule has 2 aromatic rings. The fourth-order valence-corrected chi connectivity index (χ4v) is 3.77. The summed E-state index contributed by atoms with van der Waals surface area (Å²) in [5.74, 6) is 0.973. The maximum Gasteiger partial charge on any atom is 0.245 e. The highest BCUT2D eigenvalue weighted by Crippen LogP contribution is 2.31. The topological polar surface area (TPSA) is 67.2 Å². The Kier molecular flexibility index (Phi) is 3.92. The van der Waals surface area contributed by atoms with Gasteiger partial charge in [0.2, 0.25) is 11.9 Å². The average molecular weight is 326 g/mol. The molecule has 7 heteroatoms. The quantitative estimate of drug-likeness (QED) is 0.826. The fourth-order valence-electron chi connectivity index (χ4n) is 3.77. The molecule has 1 aliphatic carbocycles. The summed E-state index contributed by atoms with van der Waals surface area (Å²) in [4.78, 5) is 15.7. The molecule has 0 unspecified atom stereocenters. The molecular formula is C17H22N6O. The van der Waals surface area contributed by atoms with Gasteiger partial charge in [0.05, 0.1) is 6.04 Å². The Morgan fingerprint density at radius 3 is 2.54 bits per heavy atom. The molecule has 4 rings (SSSR count). The first-order chi connectivity index (χ1) is 11.7. The third kappa shape index (κ3) is 2.74. The molecule has 0 N–H and O–H groups in total. The van der Waals surface area contributed by atoms with Gasteiger partial charge in [-0.15, -0.1) is 0 Å². The van der Waals surface area contributed by atoms with E-state index in [0.29, 0.717) is 0 Å². The second kappa shape index (κ2) is 6.22. The van der Waals surface area contributed by atoms with Crippen LogP contribution < -0.4 is 4.90 Å². The molecule has 0 bridgehead atoms. The van der Waals surface area contributed by atoms with Crippen LogP contribution in [-0.2, 0) is 17.6 Å². The van der Waals surface area contributed by atoms with E-state index in [1.165, 1.54) is 11.1 Å². The maximum absolute atomic E-state index is 11.6. The fraction of sp³-hybridized carbons (Fsp3) is 0.529. The highest BCUT2D eigenvalue weighted by Gasteiger charge is 2.28. The largest absolute Gasteiger partial charge is 0.341 e. The van der Waals surface area contributed by atoms with Gasteiger partial charge in [0, 0.05) is 33.1 Å². The van der Waals surface area contributed by atoms with Gasteiger partial charge in [0.25, 0.3) is 0 Å². The Bertz CT molecular complexity index is 717. The van der Waals surface area contributed by atoms with Crippen LogP contribution in [0.1, 0.15) is 30.5 Å². The molecule has 0 radical (unpaired) electrons. The van der Waals surface area contributed by atoms with E-state index < -0.39 is 0 Å². The van der Waals surface area contributed by atoms with E-state index >= 15 is 0 Å². The van der Waals surface area contributed by atoms with Gasteiger partial charge in [0.1, 0.15) is 0 Å². The summed E-state index contributed by atoms with van der Waals surface area (Å²) >= 11 is 0. The molecule has 2 aliphatic rings. The van der Waals surface area contributed by atoms with Crippen molar-refractivity contribution in [3.63, 3.8) is 0 Å². The molecule has 1 aromatic heterocycles. The van der Waals surface area contributed by atoms with Crippen molar-refractivity contribution in [2.24, 2.45) is 0 Å². The normalized spacial score (nSPS) is 18.5. The van der Waals surface area contributed by atoms with Crippen molar-refractivity contribution in [2.45, 2.75) is 32.2 Å². The molecule has 24 heavy (non-hydrogen) atoms. The van der Waals surface area contributed by atoms with E-state index in [4.69, 9.17) is 0 Å². The Balaban J connectivity index is 1.52. The second-order valence-electron chi connectivity index (χ2n) is 6.60. The van der Waals surface area contributed by atoms with Crippen molar-refractivity contribution >= 4 is 11.9 Å². The lowest BCUT2D eigenvalue weighted by Crippen LogP contribution is -2.35. The molecule has 1 amide bonds. The van der Waals surface area contributed by atoms with E-state index in [0.717, 1.165) is 51.4 Å². The Labute approximate surface area is 141 Å². The average Bonchev–Trinajstić information content (AvgIpc) is 3.15. The third-order valence-electron chi connectivity index (χ3n) is 5.07. The molecule has 1 aromatic carbocycles. The minimum Gasteiger partial charge on any atom is -0.341 e. The van der Waals surface area contributed by atoms with Gasteiger partial charge in [-0.2, -0.15) is 0 Å². The molecule has 0 saturated carbocycles. The first kappa shape index (κ1) is 15.1. The summed E-state index contributed by atoms with van der Waals surface area (Å²) in [6, 6.07) is 8.84. The van der Waals surface area contributed by atoms with Gasteiger partial charge in [-0.1, -0.05) is 29.4 Å². The summed E-state index contributed by atoms with van der Waals surface area (Å²) in [6.07, 6.45) is 2.89. The number of fused-ring (bicyclic) bond motifs is 1. The predicted octanol–water partition coefficient (Wildman–Crippen LogP) is 1.07. The first-order valence-electron chi connectivity index (χ1n) is 8.57. The summed E-state index contributed by atoms with van der Waals surface area (Å²) in [6.45, 7) is 4.83. The molecule has 2 heterocycles. The number of tetrazole rings is 1. The number of carbonyl (C=O) groups is 1. The molecule has 0 atom stereocenters. The van der Waals surface area contributed by atoms with Gasteiger partial charge < -0.3 is 9.80 Å². The monoisotopic (exact) mass is 326 g/mol. The Morgan fingerprint density at radius 2 is 1.83 bits per heavy atom. The van der Waals surface area contributed by atoms with Gasteiger partial charge in [-0.3, -0.25) is 4.79 Å². The summed E-state index contributed by atoms with van der Waals surface area (Å²) in [7, 11) is 0. The highest BCUT2D eigenvalue weighted by atomic mass is 16.2. The maximum atomic E-state index is 11.6. The van der Waals surface area contributed by atoms with Gasteiger partial charge >= 0.3 is 0 Å². The van der Waals surface area contributed by atoms with Crippen LogP contribution >= 0.6 is 0 Å².